The van der Waals surface area contributed by atoms with Crippen molar-refractivity contribution < 1.29 is 8.83 Å². The molecule has 0 unspecified atom stereocenters. The van der Waals surface area contributed by atoms with Crippen LogP contribution < -0.4 is 0 Å². The molecule has 0 atom stereocenters. The molecule has 0 amide bonds. The van der Waals surface area contributed by atoms with Crippen LogP contribution in [0.2, 0.25) is 0 Å². The van der Waals surface area contributed by atoms with E-state index in [9.17, 15) is 0 Å². The Labute approximate surface area is 846 Å². The SMILES string of the molecule is CC1(C)c2ccccc2-c2c1ccc1c2oc2c1ccc1c2c2cc(-c3nc(-c4ccccc4)nc(-c4ccccc4)n3)ccc2n1-c1ccccc1.CC1(C)c2ccccc2-c2c1ccc1c2sc2c1ccc1c2c2cc(-c3nc(-c4ccccc4)nc(-c4ccccc4)n3)ccc2n1-c1ccccc1.c1ccc2c(c1)Cc1ccc3c(oc4c3ccc3c4c4ccccc4n3-c3ccc4sc5ccccc5c4c3)c1-2. The molecule has 146 heavy (non-hydrogen) atoms. The number of aromatic nitrogens is 9. The normalized spacial score (nSPS) is 13.2. The maximum atomic E-state index is 7.16. The highest BCUT2D eigenvalue weighted by molar-refractivity contribution is 7.27. The first kappa shape index (κ1) is 83.6. The number of para-hydroxylation sites is 3. The minimum atomic E-state index is -0.117. The van der Waals surface area contributed by atoms with Gasteiger partial charge in [-0.05, 0) is 178 Å². The maximum absolute atomic E-state index is 7.16. The van der Waals surface area contributed by atoms with Crippen LogP contribution in [0.25, 0.3) is 268 Å². The number of thiophene rings is 2. The summed E-state index contributed by atoms with van der Waals surface area (Å²) in [6.07, 6.45) is 0.965. The van der Waals surface area contributed by atoms with Crippen molar-refractivity contribution in [3.8, 4) is 119 Å². The maximum Gasteiger partial charge on any atom is 0.164 e. The van der Waals surface area contributed by atoms with E-state index in [1.165, 1.54) is 162 Å². The van der Waals surface area contributed by atoms with Gasteiger partial charge in [-0.1, -0.05) is 337 Å². The summed E-state index contributed by atoms with van der Waals surface area (Å²) in [5.41, 5.74) is 35.5. The van der Waals surface area contributed by atoms with Gasteiger partial charge in [-0.3, -0.25) is 0 Å². The van der Waals surface area contributed by atoms with Crippen molar-refractivity contribution in [3.63, 3.8) is 0 Å². The minimum absolute atomic E-state index is 0.0500. The molecule has 32 rings (SSSR count). The number of rotatable bonds is 9. The monoisotopic (exact) mass is 1900 g/mol. The van der Waals surface area contributed by atoms with E-state index in [1.807, 2.05) is 120 Å². The van der Waals surface area contributed by atoms with E-state index >= 15 is 0 Å². The zero-order valence-electron chi connectivity index (χ0n) is 79.9. The van der Waals surface area contributed by atoms with Crippen LogP contribution in [0.3, 0.4) is 0 Å². The Bertz CT molecular complexity index is 10000. The average Bonchev–Trinajstić information content (AvgIpc) is 1.54. The Morgan fingerprint density at radius 1 is 0.219 bits per heavy atom. The van der Waals surface area contributed by atoms with Gasteiger partial charge in [0.25, 0.3) is 0 Å². The fourth-order valence-corrected chi connectivity index (χ4v) is 26.6. The molecule has 20 aromatic carbocycles. The summed E-state index contributed by atoms with van der Waals surface area (Å²) < 4.78 is 26.5. The molecular weight excluding hydrogens is 1820 g/mol. The van der Waals surface area contributed by atoms with E-state index in [0.717, 1.165) is 112 Å². The van der Waals surface area contributed by atoms with Crippen molar-refractivity contribution in [1.29, 1.82) is 0 Å². The Morgan fingerprint density at radius 3 is 1.15 bits per heavy atom. The molecule has 0 saturated carbocycles. The second kappa shape index (κ2) is 32.2. The lowest BCUT2D eigenvalue weighted by atomic mass is 9.82. The molecule has 0 saturated heterocycles. The quantitative estimate of drug-likeness (QED) is 0.140. The van der Waals surface area contributed by atoms with Crippen molar-refractivity contribution in [2.75, 3.05) is 0 Å². The lowest BCUT2D eigenvalue weighted by Gasteiger charge is -2.21. The van der Waals surface area contributed by atoms with E-state index in [4.69, 9.17) is 38.7 Å². The van der Waals surface area contributed by atoms with E-state index in [-0.39, 0.29) is 10.8 Å². The van der Waals surface area contributed by atoms with Crippen LogP contribution in [-0.4, -0.2) is 43.6 Å². The van der Waals surface area contributed by atoms with Gasteiger partial charge in [0.05, 0.1) is 43.9 Å². The second-order valence-corrected chi connectivity index (χ2v) is 41.8. The summed E-state index contributed by atoms with van der Waals surface area (Å²) in [6, 6.07) is 153. The number of furan rings is 2. The summed E-state index contributed by atoms with van der Waals surface area (Å²) in [4.78, 5) is 30.2. The zero-order chi connectivity index (χ0) is 96.5. The van der Waals surface area contributed by atoms with Crippen LogP contribution in [-0.2, 0) is 17.3 Å². The van der Waals surface area contributed by atoms with Crippen LogP contribution in [0.1, 0.15) is 61.1 Å². The first-order chi connectivity index (χ1) is 71.9. The van der Waals surface area contributed by atoms with Gasteiger partial charge >= 0.3 is 0 Å². The van der Waals surface area contributed by atoms with E-state index < -0.39 is 0 Å². The average molecular weight is 1910 g/mol. The molecule has 686 valence electrons. The summed E-state index contributed by atoms with van der Waals surface area (Å²) >= 11 is 3.79. The zero-order valence-corrected chi connectivity index (χ0v) is 81.5. The van der Waals surface area contributed by atoms with E-state index in [0.29, 0.717) is 34.9 Å². The fraction of sp³-hybridized carbons (Fsp3) is 0.0526. The molecule has 3 aliphatic rings. The molecule has 29 aromatic rings. The Kier molecular flexibility index (Phi) is 18.4. The van der Waals surface area contributed by atoms with Gasteiger partial charge in [0.15, 0.2) is 34.9 Å². The molecule has 0 radical (unpaired) electrons. The van der Waals surface area contributed by atoms with Crippen LogP contribution in [0.4, 0.5) is 0 Å². The Balaban J connectivity index is 0.000000103. The van der Waals surface area contributed by atoms with Crippen molar-refractivity contribution in [2.24, 2.45) is 0 Å². The summed E-state index contributed by atoms with van der Waals surface area (Å²) in [6.45, 7) is 9.34. The Morgan fingerprint density at radius 2 is 0.596 bits per heavy atom. The van der Waals surface area contributed by atoms with Crippen molar-refractivity contribution in [1.82, 2.24) is 43.6 Å². The number of benzene rings is 20. The highest BCUT2D eigenvalue weighted by Gasteiger charge is 2.40. The number of fused-ring (bicyclic) bond motifs is 36. The van der Waals surface area contributed by atoms with Gasteiger partial charge in [-0.2, -0.15) is 0 Å². The lowest BCUT2D eigenvalue weighted by molar-refractivity contribution is 0.654. The Hall–Kier alpha value is -18.1. The first-order valence-corrected chi connectivity index (χ1v) is 51.4. The van der Waals surface area contributed by atoms with Crippen LogP contribution >= 0.6 is 22.7 Å². The van der Waals surface area contributed by atoms with Gasteiger partial charge in [0, 0.05) is 161 Å². The van der Waals surface area contributed by atoms with Gasteiger partial charge in [0.1, 0.15) is 22.3 Å². The van der Waals surface area contributed by atoms with Crippen molar-refractivity contribution >= 4 is 172 Å². The molecular formula is C133H85N9O2S2. The molecule has 9 aromatic heterocycles. The molecule has 0 spiro atoms. The molecule has 11 nitrogen and oxygen atoms in total. The molecule has 3 aliphatic carbocycles. The summed E-state index contributed by atoms with van der Waals surface area (Å²) in [7, 11) is 0. The smallest absolute Gasteiger partial charge is 0.164 e. The number of nitrogens with zero attached hydrogens (tertiary/aromatic N) is 9. The molecule has 13 heteroatoms. The molecule has 9 heterocycles. The van der Waals surface area contributed by atoms with Crippen LogP contribution in [0, 0.1) is 0 Å². The van der Waals surface area contributed by atoms with Gasteiger partial charge < -0.3 is 22.5 Å². The first-order valence-electron chi connectivity index (χ1n) is 49.8. The predicted octanol–water partition coefficient (Wildman–Crippen LogP) is 35.4. The van der Waals surface area contributed by atoms with Crippen molar-refractivity contribution in [2.45, 2.75) is 44.9 Å². The molecule has 0 N–H and O–H groups in total. The third-order valence-electron chi connectivity index (χ3n) is 30.9. The van der Waals surface area contributed by atoms with Crippen molar-refractivity contribution in [3.05, 3.63) is 464 Å². The predicted molar refractivity (Wildman–Crippen MR) is 605 cm³/mol. The standard InChI is InChI=1S/C48H32N4O.C48H32N4S.C37H21NOS/c2*1-48(2)37-21-13-12-20-35(37)41-38(48)25-23-33-34-24-27-40-42(44(34)53-43(33)41)36-28-31(22-26-39(36)52(40)32-18-10-5-11-19-32)47-50-45(29-14-6-3-7-15-29)49-46(51-47)30-16-8-4-9-17-30;1-2-8-24-21(7-1)19-22-13-15-26-27-16-17-31-35(37(27)39-36(26)34(22)24)28-10-3-5-11-30(28)38(31)23-14-18-33-29(20-23)25-9-4-6-12-32(25)40-33/h2*3-28H,1-2H3;1-18,20H,19H2. The highest BCUT2D eigenvalue weighted by Crippen LogP contribution is 2.58. The lowest BCUT2D eigenvalue weighted by Crippen LogP contribution is -2.14. The van der Waals surface area contributed by atoms with Crippen LogP contribution in [0.15, 0.2) is 440 Å². The number of hydrogen-bond acceptors (Lipinski definition) is 10. The number of hydrogen-bond donors (Lipinski definition) is 0. The summed E-state index contributed by atoms with van der Waals surface area (Å²) in [5, 5.41) is 16.8. The third kappa shape index (κ3) is 12.6. The summed E-state index contributed by atoms with van der Waals surface area (Å²) in [5.74, 6) is 3.86. The van der Waals surface area contributed by atoms with Gasteiger partial charge in [-0.15, -0.1) is 22.7 Å². The third-order valence-corrected chi connectivity index (χ3v) is 33.3. The van der Waals surface area contributed by atoms with Gasteiger partial charge in [-0.25, -0.2) is 29.9 Å². The van der Waals surface area contributed by atoms with E-state index in [2.05, 4.69) is 375 Å². The highest BCUT2D eigenvalue weighted by atomic mass is 32.1. The minimum Gasteiger partial charge on any atom is -0.455 e. The molecule has 0 aliphatic heterocycles. The fourth-order valence-electron chi connectivity index (χ4n) is 24.1. The van der Waals surface area contributed by atoms with Gasteiger partial charge in [0.2, 0.25) is 0 Å². The van der Waals surface area contributed by atoms with Crippen LogP contribution in [0.5, 0.6) is 0 Å². The molecule has 0 fully saturated rings. The van der Waals surface area contributed by atoms with E-state index in [1.54, 1.807) is 0 Å². The second-order valence-electron chi connectivity index (χ2n) is 39.7. The molecule has 0 bridgehead atoms. The largest absolute Gasteiger partial charge is 0.455 e. The topological polar surface area (TPSA) is 118 Å².